The average Bonchev–Trinajstić information content (AvgIpc) is 3.27. The number of amides is 1. The molecule has 1 aromatic heterocycles. The zero-order valence-corrected chi connectivity index (χ0v) is 16.5. The van der Waals surface area contributed by atoms with E-state index < -0.39 is 5.79 Å². The monoisotopic (exact) mass is 395 g/mol. The van der Waals surface area contributed by atoms with E-state index in [1.807, 2.05) is 0 Å². The van der Waals surface area contributed by atoms with E-state index in [9.17, 15) is 9.59 Å². The van der Waals surface area contributed by atoms with Gasteiger partial charge in [0.1, 0.15) is 5.00 Å². The van der Waals surface area contributed by atoms with Gasteiger partial charge in [0, 0.05) is 4.88 Å². The smallest absolute Gasteiger partial charge is 0.341 e. The molecule has 0 unspecified atom stereocenters. The van der Waals surface area contributed by atoms with Crippen LogP contribution in [0.1, 0.15) is 46.5 Å². The fourth-order valence-corrected chi connectivity index (χ4v) is 5.61. The third-order valence-electron chi connectivity index (χ3n) is 5.76. The summed E-state index contributed by atoms with van der Waals surface area (Å²) >= 11 is 1.53. The van der Waals surface area contributed by atoms with Crippen LogP contribution in [0.25, 0.3) is 0 Å². The van der Waals surface area contributed by atoms with Gasteiger partial charge in [-0.25, -0.2) is 4.79 Å². The van der Waals surface area contributed by atoms with Crippen molar-refractivity contribution in [2.75, 3.05) is 45.3 Å². The molecule has 2 fully saturated rings. The number of aryl methyl sites for hydroxylation is 1. The van der Waals surface area contributed by atoms with Crippen molar-refractivity contribution < 1.29 is 28.7 Å². The molecule has 148 valence electrons. The lowest BCUT2D eigenvalue weighted by molar-refractivity contribution is -0.900. The van der Waals surface area contributed by atoms with Crippen LogP contribution in [0.2, 0.25) is 0 Å². The Morgan fingerprint density at radius 2 is 1.89 bits per heavy atom. The maximum Gasteiger partial charge on any atom is 0.341 e. The number of hydrogen-bond acceptors (Lipinski definition) is 6. The summed E-state index contributed by atoms with van der Waals surface area (Å²) in [5.74, 6) is -0.823. The molecule has 3 heterocycles. The minimum Gasteiger partial charge on any atom is -0.465 e. The Bertz CT molecular complexity index is 716. The highest BCUT2D eigenvalue weighted by molar-refractivity contribution is 7.17. The highest BCUT2D eigenvalue weighted by Gasteiger charge is 2.42. The topological polar surface area (TPSA) is 78.3 Å². The molecule has 4 rings (SSSR count). The fourth-order valence-electron chi connectivity index (χ4n) is 4.32. The number of quaternary nitrogens is 1. The van der Waals surface area contributed by atoms with Crippen molar-refractivity contribution >= 4 is 28.2 Å². The van der Waals surface area contributed by atoms with Gasteiger partial charge in [-0.1, -0.05) is 0 Å². The molecule has 27 heavy (non-hydrogen) atoms. The van der Waals surface area contributed by atoms with Crippen molar-refractivity contribution in [1.82, 2.24) is 0 Å². The normalized spacial score (nSPS) is 21.8. The molecule has 1 aromatic rings. The number of hydrogen-bond donors (Lipinski definition) is 2. The first-order valence-electron chi connectivity index (χ1n) is 9.74. The Balaban J connectivity index is 1.40. The molecule has 7 nitrogen and oxygen atoms in total. The number of carbonyl (C=O) groups excluding carboxylic acids is 2. The predicted octanol–water partition coefficient (Wildman–Crippen LogP) is 0.774. The van der Waals surface area contributed by atoms with Crippen molar-refractivity contribution in [2.24, 2.45) is 0 Å². The molecule has 1 amide bonds. The van der Waals surface area contributed by atoms with Crippen LogP contribution in [0.4, 0.5) is 5.00 Å². The highest BCUT2D eigenvalue weighted by atomic mass is 32.1. The first-order chi connectivity index (χ1) is 13.1. The predicted molar refractivity (Wildman–Crippen MR) is 100 cm³/mol. The average molecular weight is 396 g/mol. The molecular weight excluding hydrogens is 368 g/mol. The summed E-state index contributed by atoms with van der Waals surface area (Å²) < 4.78 is 16.5. The first kappa shape index (κ1) is 18.9. The van der Waals surface area contributed by atoms with Crippen molar-refractivity contribution in [2.45, 2.75) is 44.3 Å². The lowest BCUT2D eigenvalue weighted by Gasteiger charge is -2.34. The molecule has 0 saturated carbocycles. The van der Waals surface area contributed by atoms with Gasteiger partial charge in [0.15, 0.2) is 12.3 Å². The van der Waals surface area contributed by atoms with E-state index in [1.54, 1.807) is 0 Å². The molecule has 8 heteroatoms. The number of esters is 1. The van der Waals surface area contributed by atoms with Crippen LogP contribution >= 0.6 is 11.3 Å². The van der Waals surface area contributed by atoms with Crippen molar-refractivity contribution in [1.29, 1.82) is 0 Å². The number of carbonyl (C=O) groups is 2. The fraction of sp³-hybridized carbons (Fsp3) is 0.684. The molecule has 1 spiro atoms. The van der Waals surface area contributed by atoms with Crippen molar-refractivity contribution in [3.05, 3.63) is 16.0 Å². The highest BCUT2D eigenvalue weighted by Crippen LogP contribution is 2.38. The Labute approximate surface area is 163 Å². The summed E-state index contributed by atoms with van der Waals surface area (Å²) in [6.45, 7) is 3.40. The molecular formula is C19H27N2O5S+. The van der Waals surface area contributed by atoms with Gasteiger partial charge in [0.25, 0.3) is 5.91 Å². The van der Waals surface area contributed by atoms with Gasteiger partial charge >= 0.3 is 5.97 Å². The zero-order chi connectivity index (χ0) is 18.9. The van der Waals surface area contributed by atoms with Crippen molar-refractivity contribution in [3.63, 3.8) is 0 Å². The summed E-state index contributed by atoms with van der Waals surface area (Å²) in [5.41, 5.74) is 1.63. The third kappa shape index (κ3) is 3.89. The molecule has 0 radical (unpaired) electrons. The zero-order valence-electron chi connectivity index (χ0n) is 15.7. The number of rotatable bonds is 4. The van der Waals surface area contributed by atoms with Gasteiger partial charge in [0.05, 0.1) is 51.8 Å². The van der Waals surface area contributed by atoms with Gasteiger partial charge in [-0.2, -0.15) is 0 Å². The van der Waals surface area contributed by atoms with Crippen LogP contribution in [-0.2, 0) is 31.8 Å². The second-order valence-electron chi connectivity index (χ2n) is 7.49. The second-order valence-corrected chi connectivity index (χ2v) is 8.59. The number of ether oxygens (including phenoxy) is 3. The third-order valence-corrected chi connectivity index (χ3v) is 6.96. The van der Waals surface area contributed by atoms with Gasteiger partial charge in [-0.15, -0.1) is 11.3 Å². The first-order valence-corrected chi connectivity index (χ1v) is 10.6. The van der Waals surface area contributed by atoms with Gasteiger partial charge in [-0.3, -0.25) is 4.79 Å². The Kier molecular flexibility index (Phi) is 5.50. The Hall–Kier alpha value is -1.48. The summed E-state index contributed by atoms with van der Waals surface area (Å²) in [7, 11) is 1.39. The minimum atomic E-state index is -0.412. The maximum atomic E-state index is 12.6. The lowest BCUT2D eigenvalue weighted by atomic mass is 9.95. The molecule has 1 aliphatic carbocycles. The van der Waals surface area contributed by atoms with Crippen LogP contribution in [0.15, 0.2) is 0 Å². The van der Waals surface area contributed by atoms with Crippen molar-refractivity contribution in [3.8, 4) is 0 Å². The SMILES string of the molecule is COC(=O)c1c(NC(=O)C[NH+]2CCC3(CC2)OCCO3)sc2c1CCCC2. The quantitative estimate of drug-likeness (QED) is 0.737. The molecule has 0 atom stereocenters. The van der Waals surface area contributed by atoms with Gasteiger partial charge in [0.2, 0.25) is 0 Å². The number of likely N-dealkylation sites (tertiary alicyclic amines) is 1. The van der Waals surface area contributed by atoms with E-state index in [2.05, 4.69) is 5.32 Å². The maximum absolute atomic E-state index is 12.6. The van der Waals surface area contributed by atoms with E-state index in [0.717, 1.165) is 57.2 Å². The van der Waals surface area contributed by atoms with Crippen LogP contribution in [0.5, 0.6) is 0 Å². The Morgan fingerprint density at radius 1 is 1.19 bits per heavy atom. The molecule has 2 aliphatic heterocycles. The largest absolute Gasteiger partial charge is 0.465 e. The number of methoxy groups -OCH3 is 1. The molecule has 3 aliphatic rings. The van der Waals surface area contributed by atoms with E-state index in [4.69, 9.17) is 14.2 Å². The van der Waals surface area contributed by atoms with Crippen LogP contribution in [-0.4, -0.2) is 57.6 Å². The molecule has 2 N–H and O–H groups in total. The lowest BCUT2D eigenvalue weighted by Crippen LogP contribution is -3.14. The molecule has 0 aromatic carbocycles. The van der Waals surface area contributed by atoms with E-state index in [0.29, 0.717) is 30.3 Å². The summed E-state index contributed by atoms with van der Waals surface area (Å²) in [6, 6.07) is 0. The molecule has 2 saturated heterocycles. The van der Waals surface area contributed by atoms with Crippen LogP contribution in [0, 0.1) is 0 Å². The second kappa shape index (κ2) is 7.87. The number of thiophene rings is 1. The van der Waals surface area contributed by atoms with E-state index >= 15 is 0 Å². The minimum absolute atomic E-state index is 0.0574. The van der Waals surface area contributed by atoms with Gasteiger partial charge in [-0.05, 0) is 31.2 Å². The van der Waals surface area contributed by atoms with Crippen LogP contribution < -0.4 is 10.2 Å². The van der Waals surface area contributed by atoms with Crippen LogP contribution in [0.3, 0.4) is 0 Å². The number of piperidine rings is 1. The molecule has 0 bridgehead atoms. The standard InChI is InChI=1S/C19H26N2O5S/c1-24-18(23)16-13-4-2-3-5-14(13)27-17(16)20-15(22)12-21-8-6-19(7-9-21)25-10-11-26-19/h2-12H2,1H3,(H,20,22)/p+1. The van der Waals surface area contributed by atoms with Gasteiger partial charge < -0.3 is 24.4 Å². The summed E-state index contributed by atoms with van der Waals surface area (Å²) in [5, 5.41) is 3.63. The summed E-state index contributed by atoms with van der Waals surface area (Å²) in [4.78, 5) is 27.3. The number of nitrogens with one attached hydrogen (secondary N) is 2. The Morgan fingerprint density at radius 3 is 2.59 bits per heavy atom. The number of fused-ring (bicyclic) bond motifs is 1. The van der Waals surface area contributed by atoms with E-state index in [1.165, 1.54) is 28.2 Å². The summed E-state index contributed by atoms with van der Waals surface area (Å²) in [6.07, 6.45) is 5.69. The number of anilines is 1. The van der Waals surface area contributed by atoms with E-state index in [-0.39, 0.29) is 11.9 Å².